The zero-order valence-electron chi connectivity index (χ0n) is 11.5. The Morgan fingerprint density at radius 2 is 2.05 bits per heavy atom. The van der Waals surface area contributed by atoms with Gasteiger partial charge in [-0.1, -0.05) is 23.2 Å². The van der Waals surface area contributed by atoms with Crippen LogP contribution in [0, 0.1) is 0 Å². The average molecular weight is 358 g/mol. The first kappa shape index (κ1) is 15.5. The third-order valence-corrected chi connectivity index (χ3v) is 4.66. The third-order valence-electron chi connectivity index (χ3n) is 3.15. The molecule has 2 heterocycles. The minimum atomic E-state index is -0.124. The van der Waals surface area contributed by atoms with Gasteiger partial charge in [0.2, 0.25) is 0 Å². The highest BCUT2D eigenvalue weighted by molar-refractivity contribution is 7.17. The number of halogens is 2. The van der Waals surface area contributed by atoms with E-state index in [0.717, 1.165) is 5.56 Å². The molecule has 0 atom stereocenters. The van der Waals surface area contributed by atoms with Crippen molar-refractivity contribution in [2.75, 3.05) is 19.8 Å². The van der Waals surface area contributed by atoms with E-state index in [4.69, 9.17) is 32.7 Å². The summed E-state index contributed by atoms with van der Waals surface area (Å²) in [6, 6.07) is 7.16. The van der Waals surface area contributed by atoms with Crippen LogP contribution in [0.25, 0.3) is 0 Å². The molecule has 0 radical (unpaired) electrons. The molecule has 3 rings (SSSR count). The molecule has 1 aromatic carbocycles. The molecule has 2 aromatic rings. The molecule has 0 aliphatic carbocycles. The van der Waals surface area contributed by atoms with Crippen molar-refractivity contribution in [2.45, 2.75) is 6.42 Å². The van der Waals surface area contributed by atoms with E-state index in [0.29, 0.717) is 51.9 Å². The summed E-state index contributed by atoms with van der Waals surface area (Å²) >= 11 is 13.3. The lowest BCUT2D eigenvalue weighted by molar-refractivity contribution is 0.0958. The van der Waals surface area contributed by atoms with E-state index in [2.05, 4.69) is 5.32 Å². The molecule has 0 unspecified atom stereocenters. The zero-order chi connectivity index (χ0) is 15.5. The number of rotatable bonds is 4. The largest absolute Gasteiger partial charge is 0.486 e. The molecule has 1 aliphatic heterocycles. The van der Waals surface area contributed by atoms with Gasteiger partial charge in [-0.2, -0.15) is 0 Å². The smallest absolute Gasteiger partial charge is 0.261 e. The van der Waals surface area contributed by atoms with Crippen molar-refractivity contribution in [1.29, 1.82) is 0 Å². The SMILES string of the molecule is O=C(NCCc1cc(Cl)c2c(c1)OCCO2)c1ccc(Cl)s1. The van der Waals surface area contributed by atoms with Gasteiger partial charge >= 0.3 is 0 Å². The number of carbonyl (C=O) groups is 1. The highest BCUT2D eigenvalue weighted by Gasteiger charge is 2.16. The van der Waals surface area contributed by atoms with Crippen molar-refractivity contribution < 1.29 is 14.3 Å². The quantitative estimate of drug-likeness (QED) is 0.905. The molecule has 1 aromatic heterocycles. The predicted molar refractivity (Wildman–Crippen MR) is 87.8 cm³/mol. The van der Waals surface area contributed by atoms with Gasteiger partial charge in [-0.05, 0) is 36.2 Å². The molecule has 7 heteroatoms. The summed E-state index contributed by atoms with van der Waals surface area (Å²) in [7, 11) is 0. The highest BCUT2D eigenvalue weighted by atomic mass is 35.5. The summed E-state index contributed by atoms with van der Waals surface area (Å²) in [6.45, 7) is 1.53. The van der Waals surface area contributed by atoms with Gasteiger partial charge in [-0.15, -0.1) is 11.3 Å². The van der Waals surface area contributed by atoms with Crippen LogP contribution >= 0.6 is 34.5 Å². The second-order valence-electron chi connectivity index (χ2n) is 4.71. The number of fused-ring (bicyclic) bond motifs is 1. The minimum absolute atomic E-state index is 0.124. The molecular formula is C15H13Cl2NO3S. The lowest BCUT2D eigenvalue weighted by Crippen LogP contribution is -2.25. The first-order valence-corrected chi connectivity index (χ1v) is 8.32. The van der Waals surface area contributed by atoms with E-state index >= 15 is 0 Å². The lowest BCUT2D eigenvalue weighted by atomic mass is 10.1. The Labute approximate surface area is 141 Å². The number of carbonyl (C=O) groups excluding carboxylic acids is 1. The molecule has 0 saturated heterocycles. The number of hydrogen-bond acceptors (Lipinski definition) is 4. The number of nitrogens with one attached hydrogen (secondary N) is 1. The molecule has 22 heavy (non-hydrogen) atoms. The maximum absolute atomic E-state index is 11.9. The van der Waals surface area contributed by atoms with Crippen LogP contribution in [0.4, 0.5) is 0 Å². The Hall–Kier alpha value is -1.43. The van der Waals surface area contributed by atoms with Crippen LogP contribution in [-0.2, 0) is 6.42 Å². The Bertz CT molecular complexity index is 702. The minimum Gasteiger partial charge on any atom is -0.486 e. The van der Waals surface area contributed by atoms with Crippen LogP contribution in [-0.4, -0.2) is 25.7 Å². The van der Waals surface area contributed by atoms with Gasteiger partial charge in [-0.3, -0.25) is 4.79 Å². The van der Waals surface area contributed by atoms with Crippen molar-refractivity contribution in [3.8, 4) is 11.5 Å². The molecule has 1 N–H and O–H groups in total. The summed E-state index contributed by atoms with van der Waals surface area (Å²) in [5, 5.41) is 3.39. The van der Waals surface area contributed by atoms with Crippen molar-refractivity contribution in [3.63, 3.8) is 0 Å². The van der Waals surface area contributed by atoms with E-state index in [1.807, 2.05) is 12.1 Å². The Morgan fingerprint density at radius 1 is 1.23 bits per heavy atom. The highest BCUT2D eigenvalue weighted by Crippen LogP contribution is 2.38. The van der Waals surface area contributed by atoms with Crippen LogP contribution < -0.4 is 14.8 Å². The molecule has 1 aliphatic rings. The van der Waals surface area contributed by atoms with Crippen LogP contribution in [0.3, 0.4) is 0 Å². The van der Waals surface area contributed by atoms with E-state index in [-0.39, 0.29) is 5.91 Å². The Balaban J connectivity index is 1.60. The summed E-state index contributed by atoms with van der Waals surface area (Å²) < 4.78 is 11.6. The van der Waals surface area contributed by atoms with Gasteiger partial charge in [-0.25, -0.2) is 0 Å². The standard InChI is InChI=1S/C15H13Cl2NO3S/c16-10-7-9(8-11-14(10)21-6-5-20-11)3-4-18-15(19)12-1-2-13(17)22-12/h1-2,7-8H,3-6H2,(H,18,19). The fourth-order valence-corrected chi connectivity index (χ4v) is 3.40. The normalized spacial score (nSPS) is 13.0. The molecule has 0 bridgehead atoms. The summed E-state index contributed by atoms with van der Waals surface area (Å²) in [5.74, 6) is 1.12. The van der Waals surface area contributed by atoms with E-state index in [9.17, 15) is 4.79 Å². The van der Waals surface area contributed by atoms with Gasteiger partial charge in [0.1, 0.15) is 13.2 Å². The van der Waals surface area contributed by atoms with Gasteiger partial charge in [0, 0.05) is 6.54 Å². The summed E-state index contributed by atoms with van der Waals surface area (Å²) in [5.41, 5.74) is 0.985. The van der Waals surface area contributed by atoms with Crippen LogP contribution in [0.1, 0.15) is 15.2 Å². The maximum atomic E-state index is 11.9. The van der Waals surface area contributed by atoms with Crippen LogP contribution in [0.15, 0.2) is 24.3 Å². The number of ether oxygens (including phenoxy) is 2. The van der Waals surface area contributed by atoms with E-state index in [1.165, 1.54) is 11.3 Å². The van der Waals surface area contributed by atoms with Gasteiger partial charge < -0.3 is 14.8 Å². The Kier molecular flexibility index (Phi) is 4.76. The summed E-state index contributed by atoms with van der Waals surface area (Å²) in [6.07, 6.45) is 0.654. The number of benzene rings is 1. The second kappa shape index (κ2) is 6.77. The number of thiophene rings is 1. The average Bonchev–Trinajstić information content (AvgIpc) is 2.94. The Morgan fingerprint density at radius 3 is 2.82 bits per heavy atom. The molecule has 4 nitrogen and oxygen atoms in total. The van der Waals surface area contributed by atoms with Gasteiger partial charge in [0.15, 0.2) is 11.5 Å². The van der Waals surface area contributed by atoms with Crippen molar-refractivity contribution in [3.05, 3.63) is 44.1 Å². The molecule has 1 amide bonds. The molecule has 116 valence electrons. The number of amides is 1. The van der Waals surface area contributed by atoms with Crippen LogP contribution in [0.2, 0.25) is 9.36 Å². The first-order valence-electron chi connectivity index (χ1n) is 6.75. The number of hydrogen-bond donors (Lipinski definition) is 1. The van der Waals surface area contributed by atoms with Crippen molar-refractivity contribution in [1.82, 2.24) is 5.32 Å². The topological polar surface area (TPSA) is 47.6 Å². The van der Waals surface area contributed by atoms with Crippen LogP contribution in [0.5, 0.6) is 11.5 Å². The molecule has 0 saturated carbocycles. The molecule has 0 spiro atoms. The summed E-state index contributed by atoms with van der Waals surface area (Å²) in [4.78, 5) is 12.5. The molecular weight excluding hydrogens is 345 g/mol. The monoisotopic (exact) mass is 357 g/mol. The van der Waals surface area contributed by atoms with Crippen molar-refractivity contribution >= 4 is 40.4 Å². The first-order chi connectivity index (χ1) is 10.6. The van der Waals surface area contributed by atoms with Gasteiger partial charge in [0.25, 0.3) is 5.91 Å². The fraction of sp³-hybridized carbons (Fsp3) is 0.267. The maximum Gasteiger partial charge on any atom is 0.261 e. The van der Waals surface area contributed by atoms with E-state index in [1.54, 1.807) is 12.1 Å². The lowest BCUT2D eigenvalue weighted by Gasteiger charge is -2.20. The molecule has 0 fully saturated rings. The fourth-order valence-electron chi connectivity index (χ4n) is 2.15. The van der Waals surface area contributed by atoms with Gasteiger partial charge in [0.05, 0.1) is 14.2 Å². The second-order valence-corrected chi connectivity index (χ2v) is 6.83. The zero-order valence-corrected chi connectivity index (χ0v) is 13.9. The predicted octanol–water partition coefficient (Wildman–Crippen LogP) is 3.80. The third kappa shape index (κ3) is 3.48. The van der Waals surface area contributed by atoms with Crippen molar-refractivity contribution in [2.24, 2.45) is 0 Å². The van der Waals surface area contributed by atoms with E-state index < -0.39 is 0 Å².